The highest BCUT2D eigenvalue weighted by Crippen LogP contribution is 2.48. The Morgan fingerprint density at radius 1 is 1.36 bits per heavy atom. The molecule has 1 heteroatoms. The van der Waals surface area contributed by atoms with E-state index in [1.807, 2.05) is 0 Å². The maximum atomic E-state index is 10.7. The van der Waals surface area contributed by atoms with Gasteiger partial charge in [-0.15, -0.1) is 0 Å². The molecular weight excluding hydrogens is 136 g/mol. The highest BCUT2D eigenvalue weighted by Gasteiger charge is 2.42. The molecule has 0 aromatic carbocycles. The van der Waals surface area contributed by atoms with Crippen molar-refractivity contribution in [2.75, 3.05) is 0 Å². The normalized spacial score (nSPS) is 42.4. The smallest absolute Gasteiger partial charge is 0.123 e. The van der Waals surface area contributed by atoms with Gasteiger partial charge < -0.3 is 4.79 Å². The Labute approximate surface area is 69.2 Å². The molecule has 1 fully saturated rings. The van der Waals surface area contributed by atoms with Gasteiger partial charge in [0.15, 0.2) is 0 Å². The van der Waals surface area contributed by atoms with Crippen LogP contribution < -0.4 is 0 Å². The van der Waals surface area contributed by atoms with Crippen LogP contribution in [0.25, 0.3) is 0 Å². The lowest BCUT2D eigenvalue weighted by Crippen LogP contribution is -2.17. The van der Waals surface area contributed by atoms with Gasteiger partial charge in [0.2, 0.25) is 0 Å². The fourth-order valence-corrected chi connectivity index (χ4v) is 2.23. The Morgan fingerprint density at radius 2 is 1.91 bits per heavy atom. The van der Waals surface area contributed by atoms with Gasteiger partial charge in [-0.1, -0.05) is 27.7 Å². The van der Waals surface area contributed by atoms with Gasteiger partial charge in [0.25, 0.3) is 0 Å². The number of hydrogen-bond acceptors (Lipinski definition) is 1. The highest BCUT2D eigenvalue weighted by atomic mass is 16.1. The van der Waals surface area contributed by atoms with Crippen LogP contribution in [0.4, 0.5) is 0 Å². The van der Waals surface area contributed by atoms with E-state index in [4.69, 9.17) is 0 Å². The van der Waals surface area contributed by atoms with E-state index in [-0.39, 0.29) is 0 Å². The molecule has 0 aromatic heterocycles. The minimum absolute atomic E-state index is 0.306. The van der Waals surface area contributed by atoms with E-state index in [0.29, 0.717) is 23.2 Å². The molecule has 3 atom stereocenters. The van der Waals surface area contributed by atoms with Crippen LogP contribution in [0, 0.1) is 23.2 Å². The molecule has 0 unspecified atom stereocenters. The van der Waals surface area contributed by atoms with Crippen LogP contribution in [0.2, 0.25) is 0 Å². The van der Waals surface area contributed by atoms with E-state index < -0.39 is 0 Å². The molecule has 1 rings (SSSR count). The number of carbonyl (C=O) groups is 1. The third-order valence-electron chi connectivity index (χ3n) is 3.63. The summed E-state index contributed by atoms with van der Waals surface area (Å²) in [6, 6.07) is 0. The Kier molecular flexibility index (Phi) is 2.08. The Balaban J connectivity index is 2.76. The molecule has 0 saturated heterocycles. The molecule has 1 nitrogen and oxygen atoms in total. The first-order chi connectivity index (χ1) is 4.99. The minimum Gasteiger partial charge on any atom is -0.303 e. The predicted octanol–water partition coefficient (Wildman–Crippen LogP) is 2.50. The monoisotopic (exact) mass is 154 g/mol. The Hall–Kier alpha value is -0.330. The lowest BCUT2D eigenvalue weighted by molar-refractivity contribution is -0.112. The van der Waals surface area contributed by atoms with Crippen molar-refractivity contribution in [2.24, 2.45) is 23.2 Å². The van der Waals surface area contributed by atoms with Gasteiger partial charge in [-0.3, -0.25) is 0 Å². The average molecular weight is 154 g/mol. The molecule has 0 bridgehead atoms. The molecule has 0 amide bonds. The molecule has 11 heavy (non-hydrogen) atoms. The van der Waals surface area contributed by atoms with E-state index >= 15 is 0 Å². The summed E-state index contributed by atoms with van der Waals surface area (Å²) >= 11 is 0. The van der Waals surface area contributed by atoms with E-state index in [1.165, 1.54) is 0 Å². The van der Waals surface area contributed by atoms with Crippen molar-refractivity contribution in [3.05, 3.63) is 0 Å². The largest absolute Gasteiger partial charge is 0.303 e. The van der Waals surface area contributed by atoms with Crippen molar-refractivity contribution in [2.45, 2.75) is 34.1 Å². The molecule has 0 N–H and O–H groups in total. The van der Waals surface area contributed by atoms with Crippen LogP contribution in [0.15, 0.2) is 0 Å². The van der Waals surface area contributed by atoms with Gasteiger partial charge in [0.1, 0.15) is 6.29 Å². The number of hydrogen-bond donors (Lipinski definition) is 0. The molecule has 1 aliphatic rings. The van der Waals surface area contributed by atoms with Crippen LogP contribution >= 0.6 is 0 Å². The highest BCUT2D eigenvalue weighted by molar-refractivity contribution is 5.55. The lowest BCUT2D eigenvalue weighted by Gasteiger charge is -2.24. The topological polar surface area (TPSA) is 17.1 Å². The zero-order chi connectivity index (χ0) is 8.65. The second-order valence-electron chi connectivity index (χ2n) is 4.64. The van der Waals surface area contributed by atoms with Crippen molar-refractivity contribution >= 4 is 6.29 Å². The zero-order valence-corrected chi connectivity index (χ0v) is 7.92. The Morgan fingerprint density at radius 3 is 2.09 bits per heavy atom. The molecule has 1 saturated carbocycles. The van der Waals surface area contributed by atoms with E-state index in [2.05, 4.69) is 27.7 Å². The number of aldehydes is 1. The van der Waals surface area contributed by atoms with Crippen molar-refractivity contribution in [3.8, 4) is 0 Å². The van der Waals surface area contributed by atoms with E-state index in [9.17, 15) is 4.79 Å². The standard InChI is InChI=1S/C10H18O/c1-7-8(2)10(3,4)5-9(7)6-11/h6-9H,5H2,1-4H3/t7-,8-,9+/m1/s1. The first kappa shape index (κ1) is 8.76. The van der Waals surface area contributed by atoms with Crippen molar-refractivity contribution in [3.63, 3.8) is 0 Å². The fraction of sp³-hybridized carbons (Fsp3) is 0.900. The van der Waals surface area contributed by atoms with Crippen LogP contribution in [-0.2, 0) is 4.79 Å². The van der Waals surface area contributed by atoms with E-state index in [1.54, 1.807) is 0 Å². The van der Waals surface area contributed by atoms with Crippen molar-refractivity contribution in [1.82, 2.24) is 0 Å². The summed E-state index contributed by atoms with van der Waals surface area (Å²) in [6.07, 6.45) is 2.20. The fourth-order valence-electron chi connectivity index (χ4n) is 2.23. The SMILES string of the molecule is C[C@H]1[C@H](C=O)CC(C)(C)[C@@H]1C. The van der Waals surface area contributed by atoms with Crippen molar-refractivity contribution in [1.29, 1.82) is 0 Å². The quantitative estimate of drug-likeness (QED) is 0.530. The Bertz CT molecular complexity index is 160. The molecule has 0 aromatic rings. The maximum Gasteiger partial charge on any atom is 0.123 e. The summed E-state index contributed by atoms with van der Waals surface area (Å²) in [5.74, 6) is 1.56. The molecule has 0 aliphatic heterocycles. The molecule has 64 valence electrons. The maximum absolute atomic E-state index is 10.7. The number of rotatable bonds is 1. The molecule has 1 aliphatic carbocycles. The van der Waals surface area contributed by atoms with Crippen LogP contribution in [0.3, 0.4) is 0 Å². The van der Waals surface area contributed by atoms with Gasteiger partial charge in [0.05, 0.1) is 0 Å². The summed E-state index contributed by atoms with van der Waals surface area (Å²) in [7, 11) is 0. The molecular formula is C10H18O. The second kappa shape index (κ2) is 2.62. The first-order valence-corrected chi connectivity index (χ1v) is 4.44. The molecule has 0 heterocycles. The summed E-state index contributed by atoms with van der Waals surface area (Å²) in [5, 5.41) is 0. The van der Waals surface area contributed by atoms with Crippen LogP contribution in [-0.4, -0.2) is 6.29 Å². The summed E-state index contributed by atoms with van der Waals surface area (Å²) in [6.45, 7) is 8.97. The predicted molar refractivity (Wildman–Crippen MR) is 46.3 cm³/mol. The van der Waals surface area contributed by atoms with Crippen molar-refractivity contribution < 1.29 is 4.79 Å². The molecule has 0 spiro atoms. The van der Waals surface area contributed by atoms with E-state index in [0.717, 1.165) is 12.7 Å². The van der Waals surface area contributed by atoms with Gasteiger partial charge in [0, 0.05) is 5.92 Å². The summed E-state index contributed by atoms with van der Waals surface area (Å²) in [5.41, 5.74) is 0.366. The third kappa shape index (κ3) is 1.33. The first-order valence-electron chi connectivity index (χ1n) is 4.44. The minimum atomic E-state index is 0.306. The summed E-state index contributed by atoms with van der Waals surface area (Å²) < 4.78 is 0. The third-order valence-corrected chi connectivity index (χ3v) is 3.63. The molecule has 0 radical (unpaired) electrons. The van der Waals surface area contributed by atoms with Crippen LogP contribution in [0.1, 0.15) is 34.1 Å². The van der Waals surface area contributed by atoms with Gasteiger partial charge in [-0.25, -0.2) is 0 Å². The van der Waals surface area contributed by atoms with Gasteiger partial charge in [-0.05, 0) is 23.7 Å². The zero-order valence-electron chi connectivity index (χ0n) is 7.92. The lowest BCUT2D eigenvalue weighted by atomic mass is 9.81. The van der Waals surface area contributed by atoms with Gasteiger partial charge >= 0.3 is 0 Å². The van der Waals surface area contributed by atoms with Crippen LogP contribution in [0.5, 0.6) is 0 Å². The average Bonchev–Trinajstić information content (AvgIpc) is 2.13. The second-order valence-corrected chi connectivity index (χ2v) is 4.64. The number of carbonyl (C=O) groups excluding carboxylic acids is 1. The van der Waals surface area contributed by atoms with Gasteiger partial charge in [-0.2, -0.15) is 0 Å². The summed E-state index contributed by atoms with van der Waals surface area (Å²) in [4.78, 5) is 10.7.